The first kappa shape index (κ1) is 15.0. The highest BCUT2D eigenvalue weighted by Crippen LogP contribution is 2.26. The molecule has 0 aliphatic heterocycles. The van der Waals surface area contributed by atoms with Crippen molar-refractivity contribution in [1.82, 2.24) is 0 Å². The Balaban J connectivity index is 2.84. The van der Waals surface area contributed by atoms with Gasteiger partial charge in [-0.3, -0.25) is 9.59 Å². The van der Waals surface area contributed by atoms with Crippen molar-refractivity contribution in [3.63, 3.8) is 0 Å². The normalized spacial score (nSPS) is 11.7. The number of carbonyl (C=O) groups is 2. The number of Topliss-reactive ketones (excluding diaryl/α,β-unsaturated/α-hetero) is 1. The highest BCUT2D eigenvalue weighted by atomic mass is 16.5. The average molecular weight is 266 g/mol. The van der Waals surface area contributed by atoms with E-state index in [0.29, 0.717) is 17.1 Å². The minimum atomic E-state index is -0.901. The summed E-state index contributed by atoms with van der Waals surface area (Å²) >= 11 is 0. The van der Waals surface area contributed by atoms with Crippen LogP contribution in [0.5, 0.6) is 11.5 Å². The van der Waals surface area contributed by atoms with E-state index in [1.807, 2.05) is 0 Å². The van der Waals surface area contributed by atoms with Crippen molar-refractivity contribution < 1.29 is 24.2 Å². The molecule has 0 fully saturated rings. The molecule has 0 heterocycles. The van der Waals surface area contributed by atoms with E-state index in [2.05, 4.69) is 0 Å². The summed E-state index contributed by atoms with van der Waals surface area (Å²) in [5.41, 5.74) is 0.445. The number of carboxylic acid groups (broad SMARTS) is 1. The Kier molecular flexibility index (Phi) is 5.36. The van der Waals surface area contributed by atoms with E-state index in [0.717, 1.165) is 0 Å². The number of ketones is 1. The maximum atomic E-state index is 12.1. The number of rotatable bonds is 7. The molecule has 1 aromatic rings. The Bertz CT molecular complexity index is 467. The first-order chi connectivity index (χ1) is 8.97. The van der Waals surface area contributed by atoms with Crippen molar-refractivity contribution in [2.24, 2.45) is 5.92 Å². The predicted octanol–water partition coefficient (Wildman–Crippen LogP) is 2.39. The molecule has 1 aromatic carbocycles. The summed E-state index contributed by atoms with van der Waals surface area (Å²) < 4.78 is 10.2. The fourth-order valence-corrected chi connectivity index (χ4v) is 1.83. The molecule has 0 saturated heterocycles. The fraction of sp³-hybridized carbons (Fsp3) is 0.429. The van der Waals surface area contributed by atoms with Crippen LogP contribution in [0.4, 0.5) is 0 Å². The van der Waals surface area contributed by atoms with E-state index in [1.54, 1.807) is 25.1 Å². The maximum absolute atomic E-state index is 12.1. The smallest absolute Gasteiger partial charge is 0.303 e. The molecule has 1 N–H and O–H groups in total. The van der Waals surface area contributed by atoms with Crippen LogP contribution in [0.1, 0.15) is 30.1 Å². The largest absolute Gasteiger partial charge is 0.497 e. The Morgan fingerprint density at radius 3 is 2.42 bits per heavy atom. The highest BCUT2D eigenvalue weighted by Gasteiger charge is 2.17. The van der Waals surface area contributed by atoms with Crippen molar-refractivity contribution in [3.8, 4) is 11.5 Å². The Labute approximate surface area is 112 Å². The van der Waals surface area contributed by atoms with Crippen molar-refractivity contribution in [2.75, 3.05) is 14.2 Å². The number of ether oxygens (including phenoxy) is 2. The third-order valence-electron chi connectivity index (χ3n) is 2.77. The van der Waals surface area contributed by atoms with E-state index in [-0.39, 0.29) is 24.5 Å². The van der Waals surface area contributed by atoms with Gasteiger partial charge in [-0.2, -0.15) is 0 Å². The average Bonchev–Trinajstić information content (AvgIpc) is 2.36. The Morgan fingerprint density at radius 2 is 1.89 bits per heavy atom. The lowest BCUT2D eigenvalue weighted by Crippen LogP contribution is -2.11. The maximum Gasteiger partial charge on any atom is 0.303 e. The van der Waals surface area contributed by atoms with E-state index < -0.39 is 5.97 Å². The molecule has 0 bridgehead atoms. The molecule has 0 aliphatic rings. The van der Waals surface area contributed by atoms with E-state index in [4.69, 9.17) is 14.6 Å². The molecule has 19 heavy (non-hydrogen) atoms. The second-order valence-electron chi connectivity index (χ2n) is 4.40. The van der Waals surface area contributed by atoms with Gasteiger partial charge in [0.2, 0.25) is 0 Å². The van der Waals surface area contributed by atoms with Crippen LogP contribution in [0.3, 0.4) is 0 Å². The van der Waals surface area contributed by atoms with Crippen LogP contribution in [-0.4, -0.2) is 31.1 Å². The zero-order chi connectivity index (χ0) is 14.4. The predicted molar refractivity (Wildman–Crippen MR) is 69.9 cm³/mol. The first-order valence-corrected chi connectivity index (χ1v) is 5.95. The second-order valence-corrected chi connectivity index (χ2v) is 4.40. The van der Waals surface area contributed by atoms with Gasteiger partial charge in [-0.05, 0) is 18.1 Å². The highest BCUT2D eigenvalue weighted by molar-refractivity contribution is 5.99. The summed E-state index contributed by atoms with van der Waals surface area (Å²) in [5, 5.41) is 8.68. The molecular formula is C14H18O5. The molecular weight excluding hydrogens is 248 g/mol. The molecule has 0 aliphatic carbocycles. The Morgan fingerprint density at radius 1 is 1.21 bits per heavy atom. The lowest BCUT2D eigenvalue weighted by Gasteiger charge is -2.11. The molecule has 0 aromatic heterocycles. The number of hydrogen-bond donors (Lipinski definition) is 1. The van der Waals surface area contributed by atoms with Gasteiger partial charge < -0.3 is 14.6 Å². The number of aliphatic carboxylic acids is 1. The fourth-order valence-electron chi connectivity index (χ4n) is 1.83. The third-order valence-corrected chi connectivity index (χ3v) is 2.77. The van der Waals surface area contributed by atoms with Gasteiger partial charge in [0.05, 0.1) is 19.8 Å². The minimum absolute atomic E-state index is 0.0236. The van der Waals surface area contributed by atoms with Crippen LogP contribution >= 0.6 is 0 Å². The van der Waals surface area contributed by atoms with Crippen LogP contribution in [0.15, 0.2) is 18.2 Å². The van der Waals surface area contributed by atoms with E-state index >= 15 is 0 Å². The third kappa shape index (κ3) is 4.28. The van der Waals surface area contributed by atoms with Gasteiger partial charge >= 0.3 is 5.97 Å². The molecule has 0 radical (unpaired) electrons. The Hall–Kier alpha value is -2.04. The summed E-state index contributed by atoms with van der Waals surface area (Å²) in [6.45, 7) is 1.74. The molecule has 1 rings (SSSR count). The van der Waals surface area contributed by atoms with Crippen molar-refractivity contribution in [1.29, 1.82) is 0 Å². The topological polar surface area (TPSA) is 72.8 Å². The number of methoxy groups -OCH3 is 2. The second kappa shape index (κ2) is 6.78. The molecule has 0 unspecified atom stereocenters. The van der Waals surface area contributed by atoms with Gasteiger partial charge in [0, 0.05) is 18.9 Å². The molecule has 5 heteroatoms. The summed E-state index contributed by atoms with van der Waals surface area (Å²) in [5.74, 6) is -0.203. The van der Waals surface area contributed by atoms with Gasteiger partial charge in [0.25, 0.3) is 0 Å². The monoisotopic (exact) mass is 266 g/mol. The number of carboxylic acids is 1. The molecule has 0 spiro atoms. The summed E-state index contributed by atoms with van der Waals surface area (Å²) in [4.78, 5) is 22.7. The van der Waals surface area contributed by atoms with Gasteiger partial charge in [0.15, 0.2) is 5.78 Å². The van der Waals surface area contributed by atoms with Gasteiger partial charge in [0.1, 0.15) is 11.5 Å². The number of carbonyl (C=O) groups excluding carboxylic acids is 1. The van der Waals surface area contributed by atoms with E-state index in [9.17, 15) is 9.59 Å². The summed E-state index contributed by atoms with van der Waals surface area (Å²) in [6, 6.07) is 4.94. The van der Waals surface area contributed by atoms with Crippen LogP contribution in [0.2, 0.25) is 0 Å². The quantitative estimate of drug-likeness (QED) is 0.767. The molecule has 5 nitrogen and oxygen atoms in total. The van der Waals surface area contributed by atoms with Crippen LogP contribution in [0, 0.1) is 5.92 Å². The molecule has 104 valence electrons. The molecule has 1 atom stereocenters. The summed E-state index contributed by atoms with van der Waals surface area (Å²) in [7, 11) is 3.01. The van der Waals surface area contributed by atoms with Crippen LogP contribution in [-0.2, 0) is 4.79 Å². The molecule has 0 amide bonds. The van der Waals surface area contributed by atoms with Crippen molar-refractivity contribution in [3.05, 3.63) is 23.8 Å². The summed E-state index contributed by atoms with van der Waals surface area (Å²) in [6.07, 6.45) is 0.152. The van der Waals surface area contributed by atoms with Crippen LogP contribution in [0.25, 0.3) is 0 Å². The zero-order valence-corrected chi connectivity index (χ0v) is 11.3. The van der Waals surface area contributed by atoms with Crippen molar-refractivity contribution in [2.45, 2.75) is 19.8 Å². The SMILES string of the molecule is COc1ccc(C(=O)C[C@H](C)CC(=O)O)c(OC)c1. The van der Waals surface area contributed by atoms with Crippen LogP contribution < -0.4 is 9.47 Å². The van der Waals surface area contributed by atoms with E-state index in [1.165, 1.54) is 14.2 Å². The van der Waals surface area contributed by atoms with Gasteiger partial charge in [-0.1, -0.05) is 6.92 Å². The van der Waals surface area contributed by atoms with Crippen molar-refractivity contribution >= 4 is 11.8 Å². The first-order valence-electron chi connectivity index (χ1n) is 5.95. The number of hydrogen-bond acceptors (Lipinski definition) is 4. The zero-order valence-electron chi connectivity index (χ0n) is 11.3. The number of benzene rings is 1. The standard InChI is InChI=1S/C14H18O5/c1-9(7-14(16)17)6-12(15)11-5-4-10(18-2)8-13(11)19-3/h4-5,8-9H,6-7H2,1-3H3,(H,16,17)/t9-/m0/s1. The van der Waals surface area contributed by atoms with Gasteiger partial charge in [-0.15, -0.1) is 0 Å². The lowest BCUT2D eigenvalue weighted by atomic mass is 9.96. The van der Waals surface area contributed by atoms with Gasteiger partial charge in [-0.25, -0.2) is 0 Å². The lowest BCUT2D eigenvalue weighted by molar-refractivity contribution is -0.137. The minimum Gasteiger partial charge on any atom is -0.497 e. The molecule has 0 saturated carbocycles.